The monoisotopic (exact) mass is 247 g/mol. The summed E-state index contributed by atoms with van der Waals surface area (Å²) >= 11 is 0. The van der Waals surface area contributed by atoms with Crippen LogP contribution in [0.3, 0.4) is 0 Å². The molecule has 1 atom stereocenters. The molecule has 1 aromatic rings. The molecule has 6 nitrogen and oxygen atoms in total. The summed E-state index contributed by atoms with van der Waals surface area (Å²) in [5.41, 5.74) is 0.0666. The highest BCUT2D eigenvalue weighted by Gasteiger charge is 2.18. The van der Waals surface area contributed by atoms with Crippen LogP contribution in [-0.4, -0.2) is 40.0 Å². The number of nitrogens with zero attached hydrogens (tertiary/aromatic N) is 3. The van der Waals surface area contributed by atoms with E-state index in [1.165, 1.54) is 23.2 Å². The van der Waals surface area contributed by atoms with Crippen molar-refractivity contribution in [2.24, 2.45) is 0 Å². The Morgan fingerprint density at radius 2 is 2.28 bits per heavy atom. The first-order valence-electron chi connectivity index (χ1n) is 5.30. The molecule has 1 N–H and O–H groups in total. The lowest BCUT2D eigenvalue weighted by atomic mass is 10.1. The SMILES string of the molecule is CC(CC#N)N(C)C(=O)c1ccnc(C(=O)O)c1. The van der Waals surface area contributed by atoms with Crippen molar-refractivity contribution in [1.29, 1.82) is 5.26 Å². The van der Waals surface area contributed by atoms with Gasteiger partial charge in [-0.15, -0.1) is 0 Å². The lowest BCUT2D eigenvalue weighted by molar-refractivity contribution is 0.0690. The van der Waals surface area contributed by atoms with E-state index in [2.05, 4.69) is 4.98 Å². The Kier molecular flexibility index (Phi) is 4.38. The quantitative estimate of drug-likeness (QED) is 0.861. The minimum absolute atomic E-state index is 0.179. The average molecular weight is 247 g/mol. The van der Waals surface area contributed by atoms with Crippen LogP contribution in [0.25, 0.3) is 0 Å². The van der Waals surface area contributed by atoms with Gasteiger partial charge in [0.2, 0.25) is 0 Å². The number of pyridine rings is 1. The smallest absolute Gasteiger partial charge is 0.354 e. The Morgan fingerprint density at radius 1 is 1.61 bits per heavy atom. The number of carboxylic acid groups (broad SMARTS) is 1. The fourth-order valence-electron chi connectivity index (χ4n) is 1.35. The standard InChI is InChI=1S/C12H13N3O3/c1-8(3-5-13)15(2)11(16)9-4-6-14-10(7-9)12(17)18/h4,6-8H,3H2,1-2H3,(H,17,18). The van der Waals surface area contributed by atoms with E-state index in [0.29, 0.717) is 0 Å². The summed E-state index contributed by atoms with van der Waals surface area (Å²) in [6.07, 6.45) is 1.50. The number of hydrogen-bond donors (Lipinski definition) is 1. The lowest BCUT2D eigenvalue weighted by Crippen LogP contribution is -2.34. The Hall–Kier alpha value is -2.42. The summed E-state index contributed by atoms with van der Waals surface area (Å²) < 4.78 is 0. The molecule has 0 aliphatic rings. The van der Waals surface area contributed by atoms with E-state index in [9.17, 15) is 9.59 Å². The number of rotatable bonds is 4. The zero-order chi connectivity index (χ0) is 13.7. The third-order valence-corrected chi connectivity index (χ3v) is 2.59. The predicted octanol–water partition coefficient (Wildman–Crippen LogP) is 1.15. The number of nitriles is 1. The Labute approximate surface area is 104 Å². The maximum absolute atomic E-state index is 12.0. The zero-order valence-corrected chi connectivity index (χ0v) is 10.1. The molecule has 0 aromatic carbocycles. The first-order chi connectivity index (χ1) is 8.47. The Bertz CT molecular complexity index is 508. The Morgan fingerprint density at radius 3 is 2.83 bits per heavy atom. The number of carbonyl (C=O) groups is 2. The van der Waals surface area contributed by atoms with E-state index in [1.807, 2.05) is 6.07 Å². The van der Waals surface area contributed by atoms with Crippen LogP contribution in [0.2, 0.25) is 0 Å². The fraction of sp³-hybridized carbons (Fsp3) is 0.333. The largest absolute Gasteiger partial charge is 0.477 e. The average Bonchev–Trinajstić information content (AvgIpc) is 2.37. The van der Waals surface area contributed by atoms with Crippen molar-refractivity contribution >= 4 is 11.9 Å². The van der Waals surface area contributed by atoms with E-state index >= 15 is 0 Å². The summed E-state index contributed by atoms with van der Waals surface area (Å²) in [5.74, 6) is -1.51. The number of amides is 1. The second-order valence-corrected chi connectivity index (χ2v) is 3.86. The number of carboxylic acids is 1. The van der Waals surface area contributed by atoms with Crippen LogP contribution in [0.15, 0.2) is 18.3 Å². The van der Waals surface area contributed by atoms with Crippen molar-refractivity contribution in [3.8, 4) is 6.07 Å². The molecule has 1 heterocycles. The van der Waals surface area contributed by atoms with Crippen molar-refractivity contribution in [3.05, 3.63) is 29.6 Å². The van der Waals surface area contributed by atoms with Crippen LogP contribution >= 0.6 is 0 Å². The van der Waals surface area contributed by atoms with Crippen LogP contribution in [-0.2, 0) is 0 Å². The molecular weight excluding hydrogens is 234 g/mol. The van der Waals surface area contributed by atoms with Gasteiger partial charge in [-0.3, -0.25) is 4.79 Å². The van der Waals surface area contributed by atoms with Crippen molar-refractivity contribution < 1.29 is 14.7 Å². The molecule has 94 valence electrons. The molecule has 0 saturated carbocycles. The predicted molar refractivity (Wildman–Crippen MR) is 63.0 cm³/mol. The third kappa shape index (κ3) is 3.04. The molecule has 0 aliphatic heterocycles. The second kappa shape index (κ2) is 5.77. The zero-order valence-electron chi connectivity index (χ0n) is 10.1. The normalized spacial score (nSPS) is 11.4. The van der Waals surface area contributed by atoms with E-state index in [4.69, 9.17) is 10.4 Å². The molecule has 1 amide bonds. The second-order valence-electron chi connectivity index (χ2n) is 3.86. The van der Waals surface area contributed by atoms with Crippen molar-refractivity contribution in [2.75, 3.05) is 7.05 Å². The molecule has 1 rings (SSSR count). The minimum Gasteiger partial charge on any atom is -0.477 e. The van der Waals surface area contributed by atoms with Gasteiger partial charge in [-0.1, -0.05) is 0 Å². The van der Waals surface area contributed by atoms with Crippen LogP contribution in [0.4, 0.5) is 0 Å². The fourth-order valence-corrected chi connectivity index (χ4v) is 1.35. The molecule has 1 unspecified atom stereocenters. The number of aromatic carboxylic acids is 1. The van der Waals surface area contributed by atoms with Crippen molar-refractivity contribution in [3.63, 3.8) is 0 Å². The molecule has 1 aromatic heterocycles. The number of carbonyl (C=O) groups excluding carboxylic acids is 1. The Balaban J connectivity index is 2.94. The molecule has 0 radical (unpaired) electrons. The highest BCUT2D eigenvalue weighted by Crippen LogP contribution is 2.09. The molecule has 0 bridgehead atoms. The molecular formula is C12H13N3O3. The first kappa shape index (κ1) is 13.6. The van der Waals surface area contributed by atoms with Crippen LogP contribution in [0, 0.1) is 11.3 Å². The molecule has 18 heavy (non-hydrogen) atoms. The van der Waals surface area contributed by atoms with Gasteiger partial charge in [0.1, 0.15) is 5.69 Å². The van der Waals surface area contributed by atoms with Crippen molar-refractivity contribution in [2.45, 2.75) is 19.4 Å². The van der Waals surface area contributed by atoms with Crippen LogP contribution in [0.5, 0.6) is 0 Å². The van der Waals surface area contributed by atoms with E-state index in [-0.39, 0.29) is 29.6 Å². The lowest BCUT2D eigenvalue weighted by Gasteiger charge is -2.22. The van der Waals surface area contributed by atoms with Gasteiger partial charge < -0.3 is 10.0 Å². The van der Waals surface area contributed by atoms with Gasteiger partial charge >= 0.3 is 5.97 Å². The number of aromatic nitrogens is 1. The highest BCUT2D eigenvalue weighted by atomic mass is 16.4. The van der Waals surface area contributed by atoms with Crippen LogP contribution < -0.4 is 0 Å². The first-order valence-corrected chi connectivity index (χ1v) is 5.30. The van der Waals surface area contributed by atoms with E-state index in [1.54, 1.807) is 14.0 Å². The summed E-state index contributed by atoms with van der Waals surface area (Å²) in [4.78, 5) is 27.8. The van der Waals surface area contributed by atoms with Gasteiger partial charge in [-0.05, 0) is 19.1 Å². The topological polar surface area (TPSA) is 94.3 Å². The third-order valence-electron chi connectivity index (χ3n) is 2.59. The van der Waals surface area contributed by atoms with Gasteiger partial charge in [0.25, 0.3) is 5.91 Å². The summed E-state index contributed by atoms with van der Waals surface area (Å²) in [6.45, 7) is 1.75. The maximum atomic E-state index is 12.0. The van der Waals surface area contributed by atoms with E-state index < -0.39 is 5.97 Å². The molecule has 0 saturated heterocycles. The van der Waals surface area contributed by atoms with Gasteiger partial charge in [0.15, 0.2) is 0 Å². The van der Waals surface area contributed by atoms with Gasteiger partial charge in [0.05, 0.1) is 12.5 Å². The minimum atomic E-state index is -1.18. The van der Waals surface area contributed by atoms with E-state index in [0.717, 1.165) is 0 Å². The number of hydrogen-bond acceptors (Lipinski definition) is 4. The molecule has 0 aliphatic carbocycles. The van der Waals surface area contributed by atoms with Gasteiger partial charge in [-0.2, -0.15) is 5.26 Å². The summed E-state index contributed by atoms with van der Waals surface area (Å²) in [7, 11) is 1.57. The maximum Gasteiger partial charge on any atom is 0.354 e. The van der Waals surface area contributed by atoms with Gasteiger partial charge in [-0.25, -0.2) is 9.78 Å². The summed E-state index contributed by atoms with van der Waals surface area (Å²) in [6, 6.07) is 4.42. The van der Waals surface area contributed by atoms with Gasteiger partial charge in [0, 0.05) is 24.8 Å². The molecule has 6 heteroatoms. The highest BCUT2D eigenvalue weighted by molar-refractivity contribution is 5.96. The van der Waals surface area contributed by atoms with Crippen LogP contribution in [0.1, 0.15) is 34.2 Å². The summed E-state index contributed by atoms with van der Waals surface area (Å²) in [5, 5.41) is 17.4. The molecule has 0 spiro atoms. The molecule has 0 fully saturated rings. The van der Waals surface area contributed by atoms with Crippen molar-refractivity contribution in [1.82, 2.24) is 9.88 Å².